The zero-order chi connectivity index (χ0) is 21.5. The van der Waals surface area contributed by atoms with Gasteiger partial charge in [-0.15, -0.1) is 0 Å². The second-order valence-electron chi connectivity index (χ2n) is 6.32. The Bertz CT molecular complexity index is 1070. The van der Waals surface area contributed by atoms with Crippen LogP contribution in [0.2, 0.25) is 5.02 Å². The highest BCUT2D eigenvalue weighted by atomic mass is 35.5. The van der Waals surface area contributed by atoms with E-state index in [4.69, 9.17) is 11.6 Å². The molecule has 2 aromatic carbocycles. The maximum absolute atomic E-state index is 12.3. The number of nitro groups is 1. The number of hydrogen-bond donors (Lipinski definition) is 2. The van der Waals surface area contributed by atoms with Crippen molar-refractivity contribution in [2.45, 2.75) is 6.42 Å². The lowest BCUT2D eigenvalue weighted by molar-refractivity contribution is -0.384. The van der Waals surface area contributed by atoms with Gasteiger partial charge >= 0.3 is 0 Å². The van der Waals surface area contributed by atoms with Crippen molar-refractivity contribution in [3.05, 3.63) is 98.8 Å². The van der Waals surface area contributed by atoms with E-state index in [1.807, 2.05) is 12.1 Å². The van der Waals surface area contributed by atoms with Crippen LogP contribution in [-0.2, 0) is 6.42 Å². The number of nitrogens with one attached hydrogen (secondary N) is 2. The molecule has 0 spiro atoms. The number of carbonyl (C=O) groups is 2. The van der Waals surface area contributed by atoms with Crippen LogP contribution < -0.4 is 10.6 Å². The first-order valence-corrected chi connectivity index (χ1v) is 9.34. The van der Waals surface area contributed by atoms with E-state index in [1.54, 1.807) is 30.5 Å². The molecule has 0 atom stereocenters. The second kappa shape index (κ2) is 9.62. The van der Waals surface area contributed by atoms with Gasteiger partial charge in [-0.05, 0) is 42.3 Å². The number of halogens is 1. The van der Waals surface area contributed by atoms with Gasteiger partial charge in [-0.2, -0.15) is 0 Å². The molecule has 1 aromatic heterocycles. The molecule has 0 aliphatic carbocycles. The molecule has 0 radical (unpaired) electrons. The standard InChI is InChI=1S/C21H17ClN4O4/c22-19-8-7-17(26(29)30)12-18(19)21(28)24-11-9-14-3-5-16(6-4-14)25-20(27)15-2-1-10-23-13-15/h1-8,10,12-13H,9,11H2,(H,24,28)(H,25,27). The summed E-state index contributed by atoms with van der Waals surface area (Å²) < 4.78 is 0. The number of benzene rings is 2. The van der Waals surface area contributed by atoms with Crippen molar-refractivity contribution in [2.75, 3.05) is 11.9 Å². The van der Waals surface area contributed by atoms with Crippen LogP contribution in [0.4, 0.5) is 11.4 Å². The fraction of sp³-hybridized carbons (Fsp3) is 0.0952. The molecule has 3 aromatic rings. The fourth-order valence-corrected chi connectivity index (χ4v) is 2.87. The molecule has 0 saturated heterocycles. The lowest BCUT2D eigenvalue weighted by Crippen LogP contribution is -2.26. The number of nitrogens with zero attached hydrogens (tertiary/aromatic N) is 2. The van der Waals surface area contributed by atoms with Crippen molar-refractivity contribution < 1.29 is 14.5 Å². The number of amides is 2. The Morgan fingerprint density at radius 3 is 2.50 bits per heavy atom. The Morgan fingerprint density at radius 1 is 1.07 bits per heavy atom. The third kappa shape index (κ3) is 5.39. The van der Waals surface area contributed by atoms with Crippen molar-refractivity contribution in [3.8, 4) is 0 Å². The summed E-state index contributed by atoms with van der Waals surface area (Å²) in [7, 11) is 0. The first-order chi connectivity index (χ1) is 14.4. The van der Waals surface area contributed by atoms with Gasteiger partial charge in [0.2, 0.25) is 0 Å². The minimum atomic E-state index is -0.582. The smallest absolute Gasteiger partial charge is 0.270 e. The average Bonchev–Trinajstić information content (AvgIpc) is 2.75. The van der Waals surface area contributed by atoms with Gasteiger partial charge in [0.1, 0.15) is 0 Å². The summed E-state index contributed by atoms with van der Waals surface area (Å²) in [6, 6.07) is 14.3. The van der Waals surface area contributed by atoms with Gasteiger partial charge in [0.15, 0.2) is 0 Å². The van der Waals surface area contributed by atoms with Crippen molar-refractivity contribution >= 4 is 34.8 Å². The lowest BCUT2D eigenvalue weighted by Gasteiger charge is -2.08. The van der Waals surface area contributed by atoms with E-state index in [9.17, 15) is 19.7 Å². The number of pyridine rings is 1. The molecule has 0 fully saturated rings. The van der Waals surface area contributed by atoms with Crippen molar-refractivity contribution in [1.29, 1.82) is 0 Å². The number of hydrogen-bond acceptors (Lipinski definition) is 5. The quantitative estimate of drug-likeness (QED) is 0.441. The minimum absolute atomic E-state index is 0.0549. The summed E-state index contributed by atoms with van der Waals surface area (Å²) in [5, 5.41) is 16.5. The van der Waals surface area contributed by atoms with Crippen LogP contribution in [0.15, 0.2) is 67.0 Å². The highest BCUT2D eigenvalue weighted by Gasteiger charge is 2.15. The Hall–Kier alpha value is -3.78. The fourth-order valence-electron chi connectivity index (χ4n) is 2.67. The predicted octanol–water partition coefficient (Wildman–Crippen LogP) is 3.87. The molecule has 30 heavy (non-hydrogen) atoms. The molecule has 0 aliphatic heterocycles. The highest BCUT2D eigenvalue weighted by molar-refractivity contribution is 6.33. The Balaban J connectivity index is 1.53. The average molecular weight is 425 g/mol. The molecule has 3 rings (SSSR count). The molecule has 9 heteroatoms. The first-order valence-electron chi connectivity index (χ1n) is 8.96. The largest absolute Gasteiger partial charge is 0.352 e. The van der Waals surface area contributed by atoms with E-state index in [2.05, 4.69) is 15.6 Å². The minimum Gasteiger partial charge on any atom is -0.352 e. The van der Waals surface area contributed by atoms with Crippen molar-refractivity contribution in [1.82, 2.24) is 10.3 Å². The maximum atomic E-state index is 12.3. The molecule has 2 N–H and O–H groups in total. The molecule has 0 saturated carbocycles. The summed E-state index contributed by atoms with van der Waals surface area (Å²) in [4.78, 5) is 38.6. The zero-order valence-electron chi connectivity index (χ0n) is 15.7. The SMILES string of the molecule is O=C(Nc1ccc(CCNC(=O)c2cc([N+](=O)[O-])ccc2Cl)cc1)c1cccnc1. The number of aromatic nitrogens is 1. The number of nitro benzene ring substituents is 1. The van der Waals surface area contributed by atoms with Crippen LogP contribution >= 0.6 is 11.6 Å². The normalized spacial score (nSPS) is 10.3. The molecule has 0 bridgehead atoms. The van der Waals surface area contributed by atoms with E-state index in [0.29, 0.717) is 24.2 Å². The van der Waals surface area contributed by atoms with E-state index in [-0.39, 0.29) is 22.2 Å². The van der Waals surface area contributed by atoms with Crippen LogP contribution in [0.5, 0.6) is 0 Å². The van der Waals surface area contributed by atoms with Crippen LogP contribution in [-0.4, -0.2) is 28.3 Å². The Labute approximate surface area is 177 Å². The van der Waals surface area contributed by atoms with Crippen LogP contribution in [0, 0.1) is 10.1 Å². The van der Waals surface area contributed by atoms with Crippen LogP contribution in [0.1, 0.15) is 26.3 Å². The van der Waals surface area contributed by atoms with Gasteiger partial charge in [-0.25, -0.2) is 0 Å². The summed E-state index contributed by atoms with van der Waals surface area (Å²) in [6.45, 7) is 0.319. The molecule has 0 unspecified atom stereocenters. The topological polar surface area (TPSA) is 114 Å². The predicted molar refractivity (Wildman–Crippen MR) is 113 cm³/mol. The van der Waals surface area contributed by atoms with Gasteiger partial charge in [-0.3, -0.25) is 24.7 Å². The van der Waals surface area contributed by atoms with Gasteiger partial charge in [0.25, 0.3) is 17.5 Å². The molecular formula is C21H17ClN4O4. The van der Waals surface area contributed by atoms with Crippen molar-refractivity contribution in [3.63, 3.8) is 0 Å². The van der Waals surface area contributed by atoms with E-state index in [1.165, 1.54) is 18.3 Å². The summed E-state index contributed by atoms with van der Waals surface area (Å²) >= 11 is 5.97. The maximum Gasteiger partial charge on any atom is 0.270 e. The number of rotatable bonds is 7. The molecule has 2 amide bonds. The van der Waals surface area contributed by atoms with E-state index in [0.717, 1.165) is 11.6 Å². The second-order valence-corrected chi connectivity index (χ2v) is 6.73. The van der Waals surface area contributed by atoms with E-state index >= 15 is 0 Å². The monoisotopic (exact) mass is 424 g/mol. The van der Waals surface area contributed by atoms with E-state index < -0.39 is 10.8 Å². The number of anilines is 1. The number of non-ortho nitro benzene ring substituents is 1. The van der Waals surface area contributed by atoms with Crippen LogP contribution in [0.3, 0.4) is 0 Å². The van der Waals surface area contributed by atoms with Crippen LogP contribution in [0.25, 0.3) is 0 Å². The van der Waals surface area contributed by atoms with Gasteiger partial charge in [-0.1, -0.05) is 23.7 Å². The summed E-state index contributed by atoms with van der Waals surface area (Å²) in [6.07, 6.45) is 3.62. The lowest BCUT2D eigenvalue weighted by atomic mass is 10.1. The highest BCUT2D eigenvalue weighted by Crippen LogP contribution is 2.22. The molecule has 8 nitrogen and oxygen atoms in total. The van der Waals surface area contributed by atoms with Gasteiger partial charge in [0.05, 0.1) is 21.1 Å². The molecular weight excluding hydrogens is 408 g/mol. The summed E-state index contributed by atoms with van der Waals surface area (Å²) in [5.41, 5.74) is 1.90. The molecule has 152 valence electrons. The zero-order valence-corrected chi connectivity index (χ0v) is 16.4. The third-order valence-electron chi connectivity index (χ3n) is 4.24. The Morgan fingerprint density at radius 2 is 1.83 bits per heavy atom. The van der Waals surface area contributed by atoms with Crippen molar-refractivity contribution in [2.24, 2.45) is 0 Å². The molecule has 1 heterocycles. The third-order valence-corrected chi connectivity index (χ3v) is 4.57. The summed E-state index contributed by atoms with van der Waals surface area (Å²) in [5.74, 6) is -0.735. The van der Waals surface area contributed by atoms with Gasteiger partial charge < -0.3 is 10.6 Å². The number of carbonyl (C=O) groups excluding carboxylic acids is 2. The first kappa shape index (κ1) is 20.9. The van der Waals surface area contributed by atoms with Gasteiger partial charge in [0, 0.05) is 36.8 Å². The molecule has 0 aliphatic rings. The Kier molecular flexibility index (Phi) is 6.71.